The van der Waals surface area contributed by atoms with Crippen LogP contribution in [-0.4, -0.2) is 27.6 Å². The quantitative estimate of drug-likeness (QED) is 0.868. The average Bonchev–Trinajstić information content (AvgIpc) is 3.37. The minimum Gasteiger partial charge on any atom is -0.351 e. The Hall–Kier alpha value is -1.85. The summed E-state index contributed by atoms with van der Waals surface area (Å²) in [4.78, 5) is 24.2. The van der Waals surface area contributed by atoms with Gasteiger partial charge in [0.2, 0.25) is 11.8 Å². The lowest BCUT2D eigenvalue weighted by molar-refractivity contribution is -0.127. The van der Waals surface area contributed by atoms with Crippen LogP contribution in [0.2, 0.25) is 0 Å². The summed E-state index contributed by atoms with van der Waals surface area (Å²) in [5.74, 6) is 1.85. The van der Waals surface area contributed by atoms with Crippen LogP contribution >= 0.6 is 0 Å². The van der Waals surface area contributed by atoms with E-state index in [0.29, 0.717) is 18.8 Å². The van der Waals surface area contributed by atoms with Gasteiger partial charge in [-0.2, -0.15) is 5.10 Å². The molecule has 0 radical (unpaired) electrons. The fourth-order valence-corrected chi connectivity index (χ4v) is 3.72. The molecule has 118 valence electrons. The Labute approximate surface area is 129 Å². The number of nitrogens with one attached hydrogen (secondary N) is 2. The zero-order chi connectivity index (χ0) is 15.3. The molecule has 4 atom stereocenters. The molecule has 2 saturated carbocycles. The summed E-state index contributed by atoms with van der Waals surface area (Å²) in [6.45, 7) is 0. The molecule has 2 heterocycles. The molecule has 2 N–H and O–H groups in total. The minimum absolute atomic E-state index is 0.0325. The number of rotatable bonds is 4. The molecule has 0 aromatic carbocycles. The minimum atomic E-state index is -0.169. The summed E-state index contributed by atoms with van der Waals surface area (Å²) in [7, 11) is 1.85. The van der Waals surface area contributed by atoms with Gasteiger partial charge in [-0.1, -0.05) is 0 Å². The van der Waals surface area contributed by atoms with Crippen LogP contribution in [0, 0.1) is 17.8 Å². The predicted molar refractivity (Wildman–Crippen MR) is 79.6 cm³/mol. The van der Waals surface area contributed by atoms with Gasteiger partial charge in [0.05, 0.1) is 18.3 Å². The van der Waals surface area contributed by atoms with Crippen LogP contribution in [0.4, 0.5) is 0 Å². The maximum atomic E-state index is 12.4. The zero-order valence-electron chi connectivity index (χ0n) is 12.8. The van der Waals surface area contributed by atoms with Crippen molar-refractivity contribution in [1.82, 2.24) is 20.4 Å². The Kier molecular flexibility index (Phi) is 3.20. The molecule has 6 nitrogen and oxygen atoms in total. The van der Waals surface area contributed by atoms with Crippen molar-refractivity contribution in [2.45, 2.75) is 44.2 Å². The van der Waals surface area contributed by atoms with Gasteiger partial charge in [-0.05, 0) is 37.5 Å². The Balaban J connectivity index is 1.44. The lowest BCUT2D eigenvalue weighted by Crippen LogP contribution is -2.50. The first kappa shape index (κ1) is 13.8. The van der Waals surface area contributed by atoms with E-state index in [2.05, 4.69) is 15.7 Å². The standard InChI is InChI=1S/C16H22N4O2/c1-20-8-10(7-17-20)15-13(4-5-14(21)19-15)18-16(22)12-6-11(12)9-2-3-9/h7-9,11-13,15H,2-6H2,1H3,(H,18,22)(H,19,21)/t11-,12+,13-,15+/m1/s1. The molecular weight excluding hydrogens is 280 g/mol. The van der Waals surface area contributed by atoms with Gasteiger partial charge in [-0.15, -0.1) is 0 Å². The van der Waals surface area contributed by atoms with Crippen molar-refractivity contribution >= 4 is 11.8 Å². The molecule has 1 saturated heterocycles. The maximum absolute atomic E-state index is 12.4. The highest BCUT2D eigenvalue weighted by Gasteiger charge is 2.51. The summed E-state index contributed by atoms with van der Waals surface area (Å²) in [6, 6.07) is -0.202. The molecule has 3 aliphatic rings. The molecule has 6 heteroatoms. The van der Waals surface area contributed by atoms with Crippen molar-refractivity contribution in [1.29, 1.82) is 0 Å². The van der Waals surface area contributed by atoms with E-state index < -0.39 is 0 Å². The van der Waals surface area contributed by atoms with Crippen LogP contribution in [0.15, 0.2) is 12.4 Å². The van der Waals surface area contributed by atoms with Crippen LogP contribution in [0.3, 0.4) is 0 Å². The molecule has 2 amide bonds. The van der Waals surface area contributed by atoms with Crippen molar-refractivity contribution in [2.75, 3.05) is 0 Å². The number of hydrogen-bond acceptors (Lipinski definition) is 3. The first-order chi connectivity index (χ1) is 10.6. The predicted octanol–water partition coefficient (Wildman–Crippen LogP) is 0.902. The van der Waals surface area contributed by atoms with Crippen LogP contribution in [-0.2, 0) is 16.6 Å². The van der Waals surface area contributed by atoms with Gasteiger partial charge in [0.1, 0.15) is 0 Å². The van der Waals surface area contributed by atoms with Crippen molar-refractivity contribution in [2.24, 2.45) is 24.8 Å². The first-order valence-corrected chi connectivity index (χ1v) is 8.20. The second-order valence-corrected chi connectivity index (χ2v) is 6.99. The maximum Gasteiger partial charge on any atom is 0.223 e. The Morgan fingerprint density at radius 3 is 2.91 bits per heavy atom. The van der Waals surface area contributed by atoms with Gasteiger partial charge in [0.25, 0.3) is 0 Å². The molecular formula is C16H22N4O2. The summed E-state index contributed by atoms with van der Waals surface area (Å²) in [5, 5.41) is 10.4. The summed E-state index contributed by atoms with van der Waals surface area (Å²) < 4.78 is 1.72. The largest absolute Gasteiger partial charge is 0.351 e. The average molecular weight is 302 g/mol. The van der Waals surface area contributed by atoms with Gasteiger partial charge in [0.15, 0.2) is 0 Å². The lowest BCUT2D eigenvalue weighted by atomic mass is 9.93. The Bertz CT molecular complexity index is 607. The number of piperidine rings is 1. The van der Waals surface area contributed by atoms with Crippen molar-refractivity contribution in [3.8, 4) is 0 Å². The van der Waals surface area contributed by atoms with Gasteiger partial charge >= 0.3 is 0 Å². The third kappa shape index (κ3) is 2.62. The molecule has 0 unspecified atom stereocenters. The topological polar surface area (TPSA) is 76.0 Å². The van der Waals surface area contributed by atoms with E-state index in [0.717, 1.165) is 17.9 Å². The molecule has 1 aromatic rings. The van der Waals surface area contributed by atoms with Gasteiger partial charge in [-0.25, -0.2) is 0 Å². The molecule has 4 rings (SSSR count). The smallest absolute Gasteiger partial charge is 0.223 e. The van der Waals surface area contributed by atoms with Crippen LogP contribution in [0.5, 0.6) is 0 Å². The van der Waals surface area contributed by atoms with E-state index in [1.54, 1.807) is 10.9 Å². The monoisotopic (exact) mass is 302 g/mol. The Morgan fingerprint density at radius 2 is 2.23 bits per heavy atom. The van der Waals surface area contributed by atoms with E-state index >= 15 is 0 Å². The van der Waals surface area contributed by atoms with E-state index in [9.17, 15) is 9.59 Å². The molecule has 22 heavy (non-hydrogen) atoms. The van der Waals surface area contributed by atoms with E-state index in [4.69, 9.17) is 0 Å². The van der Waals surface area contributed by atoms with E-state index in [1.807, 2.05) is 13.2 Å². The number of nitrogens with zero attached hydrogens (tertiary/aromatic N) is 2. The highest BCUT2D eigenvalue weighted by molar-refractivity contribution is 5.83. The fourth-order valence-electron chi connectivity index (χ4n) is 3.72. The highest BCUT2D eigenvalue weighted by atomic mass is 16.2. The van der Waals surface area contributed by atoms with Crippen molar-refractivity contribution in [3.05, 3.63) is 18.0 Å². The normalized spacial score (nSPS) is 34.1. The van der Waals surface area contributed by atoms with E-state index in [1.165, 1.54) is 12.8 Å². The molecule has 3 fully saturated rings. The van der Waals surface area contributed by atoms with Gasteiger partial charge < -0.3 is 10.6 Å². The van der Waals surface area contributed by atoms with Crippen molar-refractivity contribution < 1.29 is 9.59 Å². The lowest BCUT2D eigenvalue weighted by Gasteiger charge is -2.32. The van der Waals surface area contributed by atoms with Gasteiger partial charge in [-0.3, -0.25) is 14.3 Å². The summed E-state index contributed by atoms with van der Waals surface area (Å²) in [6.07, 6.45) is 8.47. The zero-order valence-corrected chi connectivity index (χ0v) is 12.8. The van der Waals surface area contributed by atoms with Crippen LogP contribution < -0.4 is 10.6 Å². The van der Waals surface area contributed by atoms with Crippen LogP contribution in [0.1, 0.15) is 43.7 Å². The SMILES string of the molecule is Cn1cc([C@@H]2NC(=O)CC[C@H]2NC(=O)[C@H]2C[C@@H]2C2CC2)cn1. The number of carbonyl (C=O) groups is 2. The third-order valence-corrected chi connectivity index (χ3v) is 5.22. The number of aryl methyl sites for hydroxylation is 1. The van der Waals surface area contributed by atoms with Gasteiger partial charge in [0, 0.05) is 31.1 Å². The first-order valence-electron chi connectivity index (χ1n) is 8.20. The summed E-state index contributed by atoms with van der Waals surface area (Å²) >= 11 is 0. The molecule has 0 bridgehead atoms. The number of amides is 2. The third-order valence-electron chi connectivity index (χ3n) is 5.22. The van der Waals surface area contributed by atoms with E-state index in [-0.39, 0.29) is 29.8 Å². The van der Waals surface area contributed by atoms with Crippen LogP contribution in [0.25, 0.3) is 0 Å². The fraction of sp³-hybridized carbons (Fsp3) is 0.688. The number of hydrogen-bond donors (Lipinski definition) is 2. The molecule has 0 spiro atoms. The van der Waals surface area contributed by atoms with Crippen molar-refractivity contribution in [3.63, 3.8) is 0 Å². The molecule has 2 aliphatic carbocycles. The second-order valence-electron chi connectivity index (χ2n) is 6.99. The molecule has 1 aromatic heterocycles. The number of aromatic nitrogens is 2. The summed E-state index contributed by atoms with van der Waals surface area (Å²) in [5.41, 5.74) is 0.954. The highest BCUT2D eigenvalue weighted by Crippen LogP contribution is 2.54. The molecule has 1 aliphatic heterocycles. The Morgan fingerprint density at radius 1 is 1.41 bits per heavy atom. The second kappa shape index (κ2) is 5.11. The number of carbonyl (C=O) groups excluding carboxylic acids is 2.